The number of aliphatic hydroxyl groups excluding tert-OH is 1. The SMILES string of the molecule is CC[C@@H](Cl)CC(C)CCCO. The molecule has 0 rings (SSSR count). The summed E-state index contributed by atoms with van der Waals surface area (Å²) in [6, 6.07) is 0. The van der Waals surface area contributed by atoms with E-state index in [0.29, 0.717) is 17.9 Å². The Morgan fingerprint density at radius 2 is 2.09 bits per heavy atom. The van der Waals surface area contributed by atoms with Crippen LogP contribution in [0, 0.1) is 5.92 Å². The highest BCUT2D eigenvalue weighted by molar-refractivity contribution is 6.20. The van der Waals surface area contributed by atoms with Gasteiger partial charge in [-0.2, -0.15) is 0 Å². The van der Waals surface area contributed by atoms with E-state index in [9.17, 15) is 0 Å². The van der Waals surface area contributed by atoms with E-state index in [0.717, 1.165) is 25.7 Å². The van der Waals surface area contributed by atoms with Crippen molar-refractivity contribution in [3.63, 3.8) is 0 Å². The number of alkyl halides is 1. The molecule has 0 aliphatic rings. The Labute approximate surface area is 74.8 Å². The lowest BCUT2D eigenvalue weighted by Gasteiger charge is -2.13. The van der Waals surface area contributed by atoms with Crippen LogP contribution in [0.4, 0.5) is 0 Å². The molecule has 68 valence electrons. The molecule has 0 heterocycles. The third-order valence-corrected chi connectivity index (χ3v) is 2.44. The smallest absolute Gasteiger partial charge is 0.0431 e. The highest BCUT2D eigenvalue weighted by atomic mass is 35.5. The summed E-state index contributed by atoms with van der Waals surface area (Å²) in [5.41, 5.74) is 0. The van der Waals surface area contributed by atoms with Crippen molar-refractivity contribution in [2.75, 3.05) is 6.61 Å². The Morgan fingerprint density at radius 1 is 1.45 bits per heavy atom. The van der Waals surface area contributed by atoms with E-state index in [1.54, 1.807) is 0 Å². The van der Waals surface area contributed by atoms with Crippen molar-refractivity contribution in [1.29, 1.82) is 0 Å². The van der Waals surface area contributed by atoms with Crippen molar-refractivity contribution < 1.29 is 5.11 Å². The van der Waals surface area contributed by atoms with Crippen LogP contribution in [0.5, 0.6) is 0 Å². The molecule has 1 unspecified atom stereocenters. The van der Waals surface area contributed by atoms with Gasteiger partial charge >= 0.3 is 0 Å². The molecule has 0 radical (unpaired) electrons. The summed E-state index contributed by atoms with van der Waals surface area (Å²) in [4.78, 5) is 0. The van der Waals surface area contributed by atoms with Crippen molar-refractivity contribution in [2.24, 2.45) is 5.92 Å². The molecular weight excluding hydrogens is 160 g/mol. The highest BCUT2D eigenvalue weighted by Crippen LogP contribution is 2.17. The third kappa shape index (κ3) is 6.64. The predicted octanol–water partition coefficient (Wildman–Crippen LogP) is 2.80. The Hall–Kier alpha value is 0.250. The molecule has 2 heteroatoms. The van der Waals surface area contributed by atoms with Crippen LogP contribution >= 0.6 is 11.6 Å². The van der Waals surface area contributed by atoms with E-state index < -0.39 is 0 Å². The van der Waals surface area contributed by atoms with E-state index in [4.69, 9.17) is 16.7 Å². The molecule has 0 saturated heterocycles. The average molecular weight is 179 g/mol. The largest absolute Gasteiger partial charge is 0.396 e. The first-order valence-electron chi connectivity index (χ1n) is 4.45. The van der Waals surface area contributed by atoms with E-state index >= 15 is 0 Å². The molecular formula is C9H19ClO. The summed E-state index contributed by atoms with van der Waals surface area (Å²) in [7, 11) is 0. The van der Waals surface area contributed by atoms with E-state index in [2.05, 4.69) is 13.8 Å². The highest BCUT2D eigenvalue weighted by Gasteiger charge is 2.07. The summed E-state index contributed by atoms with van der Waals surface area (Å²) in [6.45, 7) is 4.61. The van der Waals surface area contributed by atoms with Crippen LogP contribution in [-0.2, 0) is 0 Å². The molecule has 1 nitrogen and oxygen atoms in total. The summed E-state index contributed by atoms with van der Waals surface area (Å²) < 4.78 is 0. The van der Waals surface area contributed by atoms with Crippen LogP contribution in [-0.4, -0.2) is 17.1 Å². The van der Waals surface area contributed by atoms with E-state index in [1.165, 1.54) is 0 Å². The number of aliphatic hydroxyl groups is 1. The topological polar surface area (TPSA) is 20.2 Å². The molecule has 0 bridgehead atoms. The lowest BCUT2D eigenvalue weighted by atomic mass is 9.99. The predicted molar refractivity (Wildman–Crippen MR) is 50.0 cm³/mol. The normalized spacial score (nSPS) is 16.4. The fourth-order valence-electron chi connectivity index (χ4n) is 1.16. The summed E-state index contributed by atoms with van der Waals surface area (Å²) >= 11 is 5.98. The summed E-state index contributed by atoms with van der Waals surface area (Å²) in [5, 5.41) is 8.90. The van der Waals surface area contributed by atoms with Gasteiger partial charge in [0.2, 0.25) is 0 Å². The first kappa shape index (κ1) is 11.2. The second-order valence-corrected chi connectivity index (χ2v) is 3.83. The van der Waals surface area contributed by atoms with E-state index in [1.807, 2.05) is 0 Å². The Morgan fingerprint density at radius 3 is 2.55 bits per heavy atom. The zero-order chi connectivity index (χ0) is 8.69. The second-order valence-electron chi connectivity index (χ2n) is 3.21. The van der Waals surface area contributed by atoms with Crippen molar-refractivity contribution in [3.05, 3.63) is 0 Å². The molecule has 0 aromatic carbocycles. The van der Waals surface area contributed by atoms with Gasteiger partial charge in [-0.15, -0.1) is 11.6 Å². The van der Waals surface area contributed by atoms with Gasteiger partial charge < -0.3 is 5.11 Å². The Kier molecular flexibility index (Phi) is 7.09. The molecule has 0 fully saturated rings. The standard InChI is InChI=1S/C9H19ClO/c1-3-9(10)7-8(2)5-4-6-11/h8-9,11H,3-7H2,1-2H3/t8?,9-/m1/s1. The van der Waals surface area contributed by atoms with Gasteiger partial charge in [0.25, 0.3) is 0 Å². The lowest BCUT2D eigenvalue weighted by molar-refractivity contribution is 0.271. The minimum Gasteiger partial charge on any atom is -0.396 e. The van der Waals surface area contributed by atoms with Crippen molar-refractivity contribution in [2.45, 2.75) is 44.9 Å². The van der Waals surface area contributed by atoms with Crippen LogP contribution < -0.4 is 0 Å². The number of hydrogen-bond donors (Lipinski definition) is 1. The van der Waals surface area contributed by atoms with Gasteiger partial charge in [0, 0.05) is 12.0 Å². The van der Waals surface area contributed by atoms with Gasteiger partial charge in [-0.05, 0) is 31.6 Å². The molecule has 0 aliphatic carbocycles. The summed E-state index contributed by atoms with van der Waals surface area (Å²) in [6.07, 6.45) is 4.14. The maximum atomic E-state index is 8.57. The van der Waals surface area contributed by atoms with Gasteiger partial charge in [0.05, 0.1) is 0 Å². The number of halogens is 1. The minimum absolute atomic E-state index is 0.309. The second kappa shape index (κ2) is 6.93. The third-order valence-electron chi connectivity index (χ3n) is 1.96. The van der Waals surface area contributed by atoms with Crippen LogP contribution in [0.25, 0.3) is 0 Å². The quantitative estimate of drug-likeness (QED) is 0.621. The molecule has 0 spiro atoms. The van der Waals surface area contributed by atoms with Crippen LogP contribution in [0.15, 0.2) is 0 Å². The molecule has 2 atom stereocenters. The van der Waals surface area contributed by atoms with Crippen LogP contribution in [0.1, 0.15) is 39.5 Å². The molecule has 0 saturated carbocycles. The average Bonchev–Trinajstić information content (AvgIpc) is 2.00. The first-order chi connectivity index (χ1) is 5.20. The number of hydrogen-bond acceptors (Lipinski definition) is 1. The maximum absolute atomic E-state index is 8.57. The lowest BCUT2D eigenvalue weighted by Crippen LogP contribution is -2.05. The van der Waals surface area contributed by atoms with Gasteiger partial charge in [0.1, 0.15) is 0 Å². The zero-order valence-corrected chi connectivity index (χ0v) is 8.27. The molecule has 11 heavy (non-hydrogen) atoms. The van der Waals surface area contributed by atoms with Crippen LogP contribution in [0.2, 0.25) is 0 Å². The van der Waals surface area contributed by atoms with Gasteiger partial charge in [-0.3, -0.25) is 0 Å². The van der Waals surface area contributed by atoms with Gasteiger partial charge in [-0.1, -0.05) is 13.8 Å². The zero-order valence-electron chi connectivity index (χ0n) is 7.52. The van der Waals surface area contributed by atoms with Crippen molar-refractivity contribution in [1.82, 2.24) is 0 Å². The Balaban J connectivity index is 3.27. The fourth-order valence-corrected chi connectivity index (χ4v) is 1.47. The van der Waals surface area contributed by atoms with Crippen LogP contribution in [0.3, 0.4) is 0 Å². The summed E-state index contributed by atoms with van der Waals surface area (Å²) in [5.74, 6) is 0.657. The van der Waals surface area contributed by atoms with Gasteiger partial charge in [0.15, 0.2) is 0 Å². The molecule has 0 aliphatic heterocycles. The van der Waals surface area contributed by atoms with E-state index in [-0.39, 0.29) is 0 Å². The maximum Gasteiger partial charge on any atom is 0.0431 e. The fraction of sp³-hybridized carbons (Fsp3) is 1.00. The van der Waals surface area contributed by atoms with Crippen molar-refractivity contribution in [3.8, 4) is 0 Å². The van der Waals surface area contributed by atoms with Gasteiger partial charge in [-0.25, -0.2) is 0 Å². The molecule has 0 amide bonds. The van der Waals surface area contributed by atoms with Crippen molar-refractivity contribution >= 4 is 11.6 Å². The Bertz CT molecular complexity index is 85.6. The molecule has 0 aromatic heterocycles. The number of rotatable bonds is 6. The molecule has 1 N–H and O–H groups in total. The first-order valence-corrected chi connectivity index (χ1v) is 4.89. The minimum atomic E-state index is 0.309. The molecule has 0 aromatic rings. The monoisotopic (exact) mass is 178 g/mol.